The van der Waals surface area contributed by atoms with E-state index in [0.717, 1.165) is 29.8 Å². The van der Waals surface area contributed by atoms with Crippen LogP contribution < -0.4 is 10.1 Å². The minimum absolute atomic E-state index is 0.472. The predicted octanol–water partition coefficient (Wildman–Crippen LogP) is 3.30. The summed E-state index contributed by atoms with van der Waals surface area (Å²) in [5, 5.41) is 13.3. The third-order valence-corrected chi connectivity index (χ3v) is 3.28. The molecule has 0 unspecified atom stereocenters. The Hall–Kier alpha value is -1.84. The summed E-state index contributed by atoms with van der Waals surface area (Å²) < 4.78 is 5.73. The zero-order chi connectivity index (χ0) is 14.9. The van der Waals surface area contributed by atoms with Crippen LogP contribution in [0, 0.1) is 0 Å². The first-order valence-electron chi connectivity index (χ1n) is 7.45. The zero-order valence-corrected chi connectivity index (χ0v) is 12.5. The summed E-state index contributed by atoms with van der Waals surface area (Å²) in [6, 6.07) is 17.7. The maximum atomic E-state index is 10.0. The molecule has 2 aromatic rings. The molecule has 0 amide bonds. The quantitative estimate of drug-likeness (QED) is 0.731. The fourth-order valence-electron chi connectivity index (χ4n) is 2.06. The van der Waals surface area contributed by atoms with E-state index in [1.807, 2.05) is 54.6 Å². The van der Waals surface area contributed by atoms with Crippen molar-refractivity contribution in [2.75, 3.05) is 13.1 Å². The van der Waals surface area contributed by atoms with E-state index in [4.69, 9.17) is 4.74 Å². The van der Waals surface area contributed by atoms with Crippen LogP contribution >= 0.6 is 0 Å². The number of hydrogen-bond donors (Lipinski definition) is 2. The standard InChI is InChI=1S/C18H23NO2/c1-2-12-19-13-18(20)16-8-10-17(11-9-16)21-14-15-6-4-3-5-7-15/h3-11,18-20H,2,12-14H2,1H3/t18-/m0/s1. The molecule has 112 valence electrons. The highest BCUT2D eigenvalue weighted by atomic mass is 16.5. The summed E-state index contributed by atoms with van der Waals surface area (Å²) >= 11 is 0. The second kappa shape index (κ2) is 8.45. The minimum atomic E-state index is -0.472. The first-order valence-corrected chi connectivity index (χ1v) is 7.45. The summed E-state index contributed by atoms with van der Waals surface area (Å²) in [6.45, 7) is 4.17. The highest BCUT2D eigenvalue weighted by Crippen LogP contribution is 2.18. The van der Waals surface area contributed by atoms with Gasteiger partial charge in [-0.2, -0.15) is 0 Å². The van der Waals surface area contributed by atoms with Crippen molar-refractivity contribution in [2.24, 2.45) is 0 Å². The first kappa shape index (κ1) is 15.5. The van der Waals surface area contributed by atoms with Gasteiger partial charge in [0.15, 0.2) is 0 Å². The molecule has 3 heteroatoms. The molecule has 0 fully saturated rings. The van der Waals surface area contributed by atoms with Crippen LogP contribution in [-0.2, 0) is 6.61 Å². The Balaban J connectivity index is 1.84. The van der Waals surface area contributed by atoms with Gasteiger partial charge in [-0.1, -0.05) is 49.4 Å². The number of hydrogen-bond acceptors (Lipinski definition) is 3. The molecule has 21 heavy (non-hydrogen) atoms. The lowest BCUT2D eigenvalue weighted by molar-refractivity contribution is 0.175. The second-order valence-corrected chi connectivity index (χ2v) is 5.06. The lowest BCUT2D eigenvalue weighted by atomic mass is 10.1. The van der Waals surface area contributed by atoms with E-state index in [1.54, 1.807) is 0 Å². The van der Waals surface area contributed by atoms with Crippen molar-refractivity contribution in [1.29, 1.82) is 0 Å². The molecule has 2 rings (SSSR count). The molecule has 0 heterocycles. The average Bonchev–Trinajstić information content (AvgIpc) is 2.54. The fourth-order valence-corrected chi connectivity index (χ4v) is 2.06. The first-order chi connectivity index (χ1) is 10.3. The third-order valence-electron chi connectivity index (χ3n) is 3.28. The number of aliphatic hydroxyl groups is 1. The molecule has 0 aliphatic rings. The number of benzene rings is 2. The van der Waals surface area contributed by atoms with E-state index in [-0.39, 0.29) is 0 Å². The predicted molar refractivity (Wildman–Crippen MR) is 85.3 cm³/mol. The van der Waals surface area contributed by atoms with Crippen LogP contribution in [0.5, 0.6) is 5.75 Å². The van der Waals surface area contributed by atoms with Crippen molar-refractivity contribution in [1.82, 2.24) is 5.32 Å². The lowest BCUT2D eigenvalue weighted by Gasteiger charge is -2.13. The van der Waals surface area contributed by atoms with E-state index in [1.165, 1.54) is 0 Å². The molecule has 0 saturated heterocycles. The van der Waals surface area contributed by atoms with Crippen LogP contribution in [0.4, 0.5) is 0 Å². The van der Waals surface area contributed by atoms with E-state index in [0.29, 0.717) is 13.2 Å². The number of rotatable bonds is 8. The van der Waals surface area contributed by atoms with E-state index < -0.39 is 6.10 Å². The zero-order valence-electron chi connectivity index (χ0n) is 12.5. The monoisotopic (exact) mass is 285 g/mol. The van der Waals surface area contributed by atoms with Crippen LogP contribution in [0.2, 0.25) is 0 Å². The topological polar surface area (TPSA) is 41.5 Å². The van der Waals surface area contributed by atoms with Crippen molar-refractivity contribution in [3.8, 4) is 5.75 Å². The molecule has 0 aliphatic heterocycles. The van der Waals surface area contributed by atoms with Gasteiger partial charge in [-0.05, 0) is 36.2 Å². The highest BCUT2D eigenvalue weighted by molar-refractivity contribution is 5.29. The normalized spacial score (nSPS) is 12.1. The Labute approximate surface area is 126 Å². The van der Waals surface area contributed by atoms with Crippen molar-refractivity contribution in [2.45, 2.75) is 26.1 Å². The molecule has 0 saturated carbocycles. The maximum absolute atomic E-state index is 10.0. The number of aliphatic hydroxyl groups excluding tert-OH is 1. The number of ether oxygens (including phenoxy) is 1. The van der Waals surface area contributed by atoms with Crippen molar-refractivity contribution < 1.29 is 9.84 Å². The molecule has 0 spiro atoms. The molecule has 3 nitrogen and oxygen atoms in total. The lowest BCUT2D eigenvalue weighted by Crippen LogP contribution is -2.22. The van der Waals surface area contributed by atoms with Crippen molar-refractivity contribution >= 4 is 0 Å². The molecule has 0 aromatic heterocycles. The van der Waals surface area contributed by atoms with Gasteiger partial charge in [0, 0.05) is 6.54 Å². The smallest absolute Gasteiger partial charge is 0.119 e. The Bertz CT molecular complexity index is 511. The van der Waals surface area contributed by atoms with E-state index in [2.05, 4.69) is 12.2 Å². The van der Waals surface area contributed by atoms with Crippen LogP contribution in [0.1, 0.15) is 30.6 Å². The molecule has 1 atom stereocenters. The van der Waals surface area contributed by atoms with Gasteiger partial charge < -0.3 is 15.2 Å². The SMILES string of the molecule is CCCNC[C@H](O)c1ccc(OCc2ccccc2)cc1. The second-order valence-electron chi connectivity index (χ2n) is 5.06. The van der Waals surface area contributed by atoms with Gasteiger partial charge in [-0.25, -0.2) is 0 Å². The van der Waals surface area contributed by atoms with Gasteiger partial charge in [-0.3, -0.25) is 0 Å². The van der Waals surface area contributed by atoms with E-state index in [9.17, 15) is 5.11 Å². The summed E-state index contributed by atoms with van der Waals surface area (Å²) in [7, 11) is 0. The van der Waals surface area contributed by atoms with Gasteiger partial charge in [0.25, 0.3) is 0 Å². The molecular weight excluding hydrogens is 262 g/mol. The Kier molecular flexibility index (Phi) is 6.25. The summed E-state index contributed by atoms with van der Waals surface area (Å²) in [4.78, 5) is 0. The summed E-state index contributed by atoms with van der Waals surface area (Å²) in [5.41, 5.74) is 2.05. The molecule has 0 bridgehead atoms. The number of nitrogens with one attached hydrogen (secondary N) is 1. The van der Waals surface area contributed by atoms with Crippen LogP contribution in [0.25, 0.3) is 0 Å². The van der Waals surface area contributed by atoms with Gasteiger partial charge in [0.2, 0.25) is 0 Å². The average molecular weight is 285 g/mol. The highest BCUT2D eigenvalue weighted by Gasteiger charge is 2.06. The van der Waals surface area contributed by atoms with Crippen molar-refractivity contribution in [3.63, 3.8) is 0 Å². The Morgan fingerprint density at radius 3 is 2.43 bits per heavy atom. The van der Waals surface area contributed by atoms with Crippen LogP contribution in [-0.4, -0.2) is 18.2 Å². The largest absolute Gasteiger partial charge is 0.489 e. The van der Waals surface area contributed by atoms with Crippen molar-refractivity contribution in [3.05, 3.63) is 65.7 Å². The molecule has 2 N–H and O–H groups in total. The molecule has 0 aliphatic carbocycles. The Morgan fingerprint density at radius 2 is 1.76 bits per heavy atom. The van der Waals surface area contributed by atoms with Crippen LogP contribution in [0.15, 0.2) is 54.6 Å². The minimum Gasteiger partial charge on any atom is -0.489 e. The summed E-state index contributed by atoms with van der Waals surface area (Å²) in [5.74, 6) is 0.816. The third kappa shape index (κ3) is 5.21. The molecule has 2 aromatic carbocycles. The van der Waals surface area contributed by atoms with Crippen LogP contribution in [0.3, 0.4) is 0 Å². The fraction of sp³-hybridized carbons (Fsp3) is 0.333. The van der Waals surface area contributed by atoms with Gasteiger partial charge in [0.1, 0.15) is 12.4 Å². The Morgan fingerprint density at radius 1 is 1.05 bits per heavy atom. The molecular formula is C18H23NO2. The van der Waals surface area contributed by atoms with Gasteiger partial charge in [0.05, 0.1) is 6.10 Å². The van der Waals surface area contributed by atoms with Gasteiger partial charge in [-0.15, -0.1) is 0 Å². The molecule has 0 radical (unpaired) electrons. The summed E-state index contributed by atoms with van der Waals surface area (Å²) in [6.07, 6.45) is 0.596. The maximum Gasteiger partial charge on any atom is 0.119 e. The van der Waals surface area contributed by atoms with E-state index >= 15 is 0 Å². The van der Waals surface area contributed by atoms with Gasteiger partial charge >= 0.3 is 0 Å².